The summed E-state index contributed by atoms with van der Waals surface area (Å²) in [6, 6.07) is 16.8. The van der Waals surface area contributed by atoms with Gasteiger partial charge in [-0.25, -0.2) is 13.8 Å². The third kappa shape index (κ3) is 6.21. The first kappa shape index (κ1) is 22.6. The number of hydrogen-bond acceptors (Lipinski definition) is 5. The summed E-state index contributed by atoms with van der Waals surface area (Å²) in [7, 11) is -3.95. The lowest BCUT2D eigenvalue weighted by molar-refractivity contribution is -0.121. The van der Waals surface area contributed by atoms with Crippen LogP contribution in [-0.2, 0) is 21.4 Å². The summed E-state index contributed by atoms with van der Waals surface area (Å²) in [5.41, 5.74) is 4.80. The van der Waals surface area contributed by atoms with Gasteiger partial charge in [-0.3, -0.25) is 9.78 Å². The molecule has 0 radical (unpaired) electrons. The SMILES string of the molecule is Cc1ccccc1CN(CC(=O)N/N=C\c1cccnc1)S(=O)(=O)c1ccc(Cl)cc1. The number of rotatable bonds is 8. The maximum atomic E-state index is 13.2. The fourth-order valence-corrected chi connectivity index (χ4v) is 4.29. The molecule has 1 heterocycles. The molecule has 0 unspecified atom stereocenters. The Balaban J connectivity index is 1.81. The monoisotopic (exact) mass is 456 g/mol. The van der Waals surface area contributed by atoms with E-state index in [-0.39, 0.29) is 11.4 Å². The number of pyridine rings is 1. The van der Waals surface area contributed by atoms with Gasteiger partial charge in [-0.05, 0) is 48.4 Å². The average molecular weight is 457 g/mol. The molecule has 0 spiro atoms. The standard InChI is InChI=1S/C22H21ClN4O3S/c1-17-5-2-3-7-19(17)15-27(31(29,30)21-10-8-20(23)9-11-21)16-22(28)26-25-14-18-6-4-12-24-13-18/h2-14H,15-16H2,1H3,(H,26,28)/b25-14-. The number of halogens is 1. The van der Waals surface area contributed by atoms with Crippen molar-refractivity contribution in [2.75, 3.05) is 6.54 Å². The summed E-state index contributed by atoms with van der Waals surface area (Å²) in [5, 5.41) is 4.31. The molecule has 0 saturated carbocycles. The maximum absolute atomic E-state index is 13.2. The van der Waals surface area contributed by atoms with Crippen molar-refractivity contribution in [3.8, 4) is 0 Å². The van der Waals surface area contributed by atoms with E-state index >= 15 is 0 Å². The van der Waals surface area contributed by atoms with Gasteiger partial charge in [0.15, 0.2) is 0 Å². The van der Waals surface area contributed by atoms with Crippen LogP contribution in [0.5, 0.6) is 0 Å². The number of hydrogen-bond donors (Lipinski definition) is 1. The quantitative estimate of drug-likeness (QED) is 0.415. The highest BCUT2D eigenvalue weighted by molar-refractivity contribution is 7.89. The fraction of sp³-hybridized carbons (Fsp3) is 0.136. The molecular formula is C22H21ClN4O3S. The fourth-order valence-electron chi connectivity index (χ4n) is 2.79. The summed E-state index contributed by atoms with van der Waals surface area (Å²) in [4.78, 5) is 16.5. The van der Waals surface area contributed by atoms with Crippen LogP contribution in [0.1, 0.15) is 16.7 Å². The maximum Gasteiger partial charge on any atom is 0.255 e. The lowest BCUT2D eigenvalue weighted by Crippen LogP contribution is -2.39. The Morgan fingerprint density at radius 1 is 1.13 bits per heavy atom. The first-order chi connectivity index (χ1) is 14.9. The lowest BCUT2D eigenvalue weighted by Gasteiger charge is -2.22. The van der Waals surface area contributed by atoms with Crippen molar-refractivity contribution in [3.05, 3.63) is 94.8 Å². The van der Waals surface area contributed by atoms with Crippen LogP contribution in [0.25, 0.3) is 0 Å². The van der Waals surface area contributed by atoms with Gasteiger partial charge in [0, 0.05) is 29.5 Å². The van der Waals surface area contributed by atoms with Crippen molar-refractivity contribution in [2.24, 2.45) is 5.10 Å². The Morgan fingerprint density at radius 3 is 2.55 bits per heavy atom. The number of amides is 1. The van der Waals surface area contributed by atoms with E-state index in [4.69, 9.17) is 11.6 Å². The number of nitrogens with one attached hydrogen (secondary N) is 1. The van der Waals surface area contributed by atoms with Crippen LogP contribution >= 0.6 is 11.6 Å². The molecule has 0 bridgehead atoms. The van der Waals surface area contributed by atoms with Crippen molar-refractivity contribution in [1.82, 2.24) is 14.7 Å². The smallest absolute Gasteiger partial charge is 0.255 e. The molecule has 0 saturated heterocycles. The largest absolute Gasteiger partial charge is 0.272 e. The third-order valence-electron chi connectivity index (χ3n) is 4.47. The van der Waals surface area contributed by atoms with Crippen LogP contribution in [0, 0.1) is 6.92 Å². The van der Waals surface area contributed by atoms with Gasteiger partial charge in [-0.15, -0.1) is 0 Å². The minimum absolute atomic E-state index is 0.0391. The van der Waals surface area contributed by atoms with E-state index in [1.165, 1.54) is 30.5 Å². The molecule has 3 aromatic rings. The van der Waals surface area contributed by atoms with Crippen LogP contribution in [-0.4, -0.2) is 36.4 Å². The van der Waals surface area contributed by atoms with Crippen molar-refractivity contribution in [1.29, 1.82) is 0 Å². The van der Waals surface area contributed by atoms with Gasteiger partial charge in [0.2, 0.25) is 10.0 Å². The van der Waals surface area contributed by atoms with Gasteiger partial charge in [-0.1, -0.05) is 41.9 Å². The van der Waals surface area contributed by atoms with E-state index in [1.807, 2.05) is 31.2 Å². The van der Waals surface area contributed by atoms with Crippen LogP contribution in [0.3, 0.4) is 0 Å². The highest BCUT2D eigenvalue weighted by atomic mass is 35.5. The van der Waals surface area contributed by atoms with Gasteiger partial charge < -0.3 is 0 Å². The Kier molecular flexibility index (Phi) is 7.51. The normalized spacial score (nSPS) is 11.7. The predicted molar refractivity (Wildman–Crippen MR) is 120 cm³/mol. The minimum Gasteiger partial charge on any atom is -0.272 e. The Hall–Kier alpha value is -3.07. The number of sulfonamides is 1. The Bertz CT molecular complexity index is 1170. The zero-order chi connectivity index (χ0) is 22.3. The van der Waals surface area contributed by atoms with Crippen molar-refractivity contribution in [2.45, 2.75) is 18.4 Å². The first-order valence-electron chi connectivity index (χ1n) is 9.38. The topological polar surface area (TPSA) is 91.7 Å². The number of carbonyl (C=O) groups excluding carboxylic acids is 1. The third-order valence-corrected chi connectivity index (χ3v) is 6.52. The van der Waals surface area contributed by atoms with Crippen LogP contribution in [0.4, 0.5) is 0 Å². The molecule has 1 N–H and O–H groups in total. The second-order valence-electron chi connectivity index (χ2n) is 6.73. The van der Waals surface area contributed by atoms with E-state index in [2.05, 4.69) is 15.5 Å². The molecule has 0 aliphatic carbocycles. The molecule has 0 atom stereocenters. The lowest BCUT2D eigenvalue weighted by atomic mass is 10.1. The number of aryl methyl sites for hydroxylation is 1. The summed E-state index contributed by atoms with van der Waals surface area (Å²) < 4.78 is 27.6. The van der Waals surface area contributed by atoms with Crippen molar-refractivity contribution in [3.63, 3.8) is 0 Å². The molecule has 1 amide bonds. The molecule has 0 aliphatic heterocycles. The van der Waals surface area contributed by atoms with Crippen LogP contribution in [0.15, 0.2) is 83.1 Å². The second kappa shape index (κ2) is 10.3. The van der Waals surface area contributed by atoms with E-state index in [0.717, 1.165) is 15.4 Å². The first-order valence-corrected chi connectivity index (χ1v) is 11.2. The number of hydrazone groups is 1. The summed E-state index contributed by atoms with van der Waals surface area (Å²) in [6.45, 7) is 1.53. The molecular weight excluding hydrogens is 436 g/mol. The van der Waals surface area contributed by atoms with Gasteiger partial charge in [-0.2, -0.15) is 9.41 Å². The van der Waals surface area contributed by atoms with Gasteiger partial charge in [0.25, 0.3) is 5.91 Å². The van der Waals surface area contributed by atoms with Gasteiger partial charge in [0.05, 0.1) is 17.7 Å². The highest BCUT2D eigenvalue weighted by Crippen LogP contribution is 2.21. The molecule has 0 fully saturated rings. The molecule has 2 aromatic carbocycles. The van der Waals surface area contributed by atoms with E-state index in [9.17, 15) is 13.2 Å². The number of nitrogens with zero attached hydrogens (tertiary/aromatic N) is 3. The highest BCUT2D eigenvalue weighted by Gasteiger charge is 2.27. The molecule has 31 heavy (non-hydrogen) atoms. The summed E-state index contributed by atoms with van der Waals surface area (Å²) in [5.74, 6) is -0.564. The molecule has 3 rings (SSSR count). The minimum atomic E-state index is -3.95. The number of aromatic nitrogens is 1. The predicted octanol–water partition coefficient (Wildman–Crippen LogP) is 3.38. The van der Waals surface area contributed by atoms with Crippen molar-refractivity contribution >= 4 is 33.7 Å². The van der Waals surface area contributed by atoms with Crippen LogP contribution in [0.2, 0.25) is 5.02 Å². The van der Waals surface area contributed by atoms with Gasteiger partial charge >= 0.3 is 0 Å². The average Bonchev–Trinajstić information content (AvgIpc) is 2.76. The van der Waals surface area contributed by atoms with Gasteiger partial charge in [0.1, 0.15) is 0 Å². The summed E-state index contributed by atoms with van der Waals surface area (Å²) in [6.07, 6.45) is 4.65. The number of benzene rings is 2. The molecule has 7 nitrogen and oxygen atoms in total. The molecule has 160 valence electrons. The second-order valence-corrected chi connectivity index (χ2v) is 9.11. The molecule has 9 heteroatoms. The molecule has 0 aliphatic rings. The summed E-state index contributed by atoms with van der Waals surface area (Å²) >= 11 is 5.89. The van der Waals surface area contributed by atoms with E-state index in [0.29, 0.717) is 10.6 Å². The zero-order valence-corrected chi connectivity index (χ0v) is 18.3. The zero-order valence-electron chi connectivity index (χ0n) is 16.8. The van der Waals surface area contributed by atoms with E-state index < -0.39 is 22.5 Å². The number of carbonyl (C=O) groups is 1. The van der Waals surface area contributed by atoms with E-state index in [1.54, 1.807) is 24.5 Å². The molecule has 1 aromatic heterocycles. The van der Waals surface area contributed by atoms with Crippen molar-refractivity contribution < 1.29 is 13.2 Å². The Morgan fingerprint density at radius 2 is 1.87 bits per heavy atom. The van der Waals surface area contributed by atoms with Crippen LogP contribution < -0.4 is 5.43 Å². The Labute approximate surface area is 186 Å².